The van der Waals surface area contributed by atoms with Gasteiger partial charge in [0.2, 0.25) is 5.91 Å². The molecule has 1 aliphatic rings. The minimum absolute atomic E-state index is 0.226. The summed E-state index contributed by atoms with van der Waals surface area (Å²) < 4.78 is 0. The number of nitrogens with one attached hydrogen (secondary N) is 2. The molecule has 1 amide bonds. The summed E-state index contributed by atoms with van der Waals surface area (Å²) in [6.45, 7) is 8.45. The molecule has 1 saturated heterocycles. The fraction of sp³-hybridized carbons (Fsp3) is 0.929. The van der Waals surface area contributed by atoms with Crippen LogP contribution in [0, 0.1) is 11.8 Å². The fourth-order valence-corrected chi connectivity index (χ4v) is 3.21. The average molecular weight is 272 g/mol. The van der Waals surface area contributed by atoms with Crippen molar-refractivity contribution in [3.63, 3.8) is 0 Å². The monoisotopic (exact) mass is 272 g/mol. The lowest BCUT2D eigenvalue weighted by Crippen LogP contribution is -2.42. The molecule has 0 unspecified atom stereocenters. The van der Waals surface area contributed by atoms with Crippen LogP contribution in [-0.4, -0.2) is 36.5 Å². The molecule has 0 bridgehead atoms. The summed E-state index contributed by atoms with van der Waals surface area (Å²) >= 11 is 1.99. The Kier molecular flexibility index (Phi) is 7.75. The molecule has 1 heterocycles. The third kappa shape index (κ3) is 6.64. The largest absolute Gasteiger partial charge is 0.356 e. The molecular formula is C14H28N2OS. The topological polar surface area (TPSA) is 41.1 Å². The molecule has 2 atom stereocenters. The van der Waals surface area contributed by atoms with Crippen LogP contribution in [-0.2, 0) is 4.79 Å². The lowest BCUT2D eigenvalue weighted by Gasteiger charge is -2.27. The van der Waals surface area contributed by atoms with Gasteiger partial charge in [-0.25, -0.2) is 0 Å². The molecule has 1 aliphatic heterocycles. The highest BCUT2D eigenvalue weighted by molar-refractivity contribution is 7.99. The number of hydrogen-bond acceptors (Lipinski definition) is 3. The zero-order chi connectivity index (χ0) is 13.4. The highest BCUT2D eigenvalue weighted by Crippen LogP contribution is 2.16. The second-order valence-electron chi connectivity index (χ2n) is 5.69. The lowest BCUT2D eigenvalue weighted by molar-refractivity contribution is -0.126. The second kappa shape index (κ2) is 8.81. The lowest BCUT2D eigenvalue weighted by atomic mass is 9.92. The van der Waals surface area contributed by atoms with Crippen LogP contribution in [0.2, 0.25) is 0 Å². The Balaban J connectivity index is 2.02. The van der Waals surface area contributed by atoms with E-state index in [0.717, 1.165) is 44.0 Å². The van der Waals surface area contributed by atoms with Crippen LogP contribution in [0.15, 0.2) is 0 Å². The van der Waals surface area contributed by atoms with Gasteiger partial charge >= 0.3 is 0 Å². The van der Waals surface area contributed by atoms with Gasteiger partial charge < -0.3 is 10.6 Å². The minimum Gasteiger partial charge on any atom is -0.356 e. The maximum Gasteiger partial charge on any atom is 0.223 e. The van der Waals surface area contributed by atoms with E-state index in [1.54, 1.807) is 0 Å². The molecule has 0 aromatic carbocycles. The predicted octanol–water partition coefficient (Wildman–Crippen LogP) is 2.27. The normalized spacial score (nSPS) is 24.2. The van der Waals surface area contributed by atoms with E-state index in [1.807, 2.05) is 11.8 Å². The molecule has 18 heavy (non-hydrogen) atoms. The summed E-state index contributed by atoms with van der Waals surface area (Å²) in [5, 5.41) is 6.46. The van der Waals surface area contributed by atoms with Crippen molar-refractivity contribution in [2.45, 2.75) is 46.1 Å². The summed E-state index contributed by atoms with van der Waals surface area (Å²) in [6, 6.07) is 0.482. The van der Waals surface area contributed by atoms with Crippen molar-refractivity contribution in [1.29, 1.82) is 0 Å². The molecule has 106 valence electrons. The zero-order valence-electron chi connectivity index (χ0n) is 12.0. The van der Waals surface area contributed by atoms with Crippen molar-refractivity contribution >= 4 is 17.7 Å². The van der Waals surface area contributed by atoms with Crippen LogP contribution >= 0.6 is 11.8 Å². The van der Waals surface area contributed by atoms with Gasteiger partial charge in [0.05, 0.1) is 0 Å². The molecule has 1 fully saturated rings. The summed E-state index contributed by atoms with van der Waals surface area (Å²) in [5.41, 5.74) is 0. The van der Waals surface area contributed by atoms with Crippen molar-refractivity contribution < 1.29 is 4.79 Å². The van der Waals surface area contributed by atoms with Crippen LogP contribution < -0.4 is 10.6 Å². The molecule has 3 nitrogen and oxygen atoms in total. The number of hydrogen-bond donors (Lipinski definition) is 2. The number of piperidine rings is 1. The van der Waals surface area contributed by atoms with Crippen molar-refractivity contribution in [3.8, 4) is 0 Å². The van der Waals surface area contributed by atoms with Crippen LogP contribution in [0.3, 0.4) is 0 Å². The van der Waals surface area contributed by atoms with E-state index in [-0.39, 0.29) is 11.8 Å². The number of carbonyl (C=O) groups is 1. The van der Waals surface area contributed by atoms with Gasteiger partial charge in [0.15, 0.2) is 0 Å². The second-order valence-corrected chi connectivity index (χ2v) is 6.84. The molecule has 0 saturated carbocycles. The zero-order valence-corrected chi connectivity index (χ0v) is 12.8. The van der Waals surface area contributed by atoms with Gasteiger partial charge in [0.25, 0.3) is 0 Å². The smallest absolute Gasteiger partial charge is 0.223 e. The molecule has 0 aliphatic carbocycles. The van der Waals surface area contributed by atoms with Crippen LogP contribution in [0.4, 0.5) is 0 Å². The van der Waals surface area contributed by atoms with Gasteiger partial charge in [-0.15, -0.1) is 0 Å². The summed E-state index contributed by atoms with van der Waals surface area (Å²) in [6.07, 6.45) is 3.05. The number of amides is 1. The number of carbonyl (C=O) groups excluding carboxylic acids is 1. The highest BCUT2D eigenvalue weighted by atomic mass is 32.2. The average Bonchev–Trinajstić information content (AvgIpc) is 2.33. The van der Waals surface area contributed by atoms with E-state index in [0.29, 0.717) is 6.04 Å². The first-order valence-electron chi connectivity index (χ1n) is 7.18. The molecule has 2 N–H and O–H groups in total. The third-order valence-electron chi connectivity index (χ3n) is 3.21. The SMILES string of the molecule is CC(C)CSCCCNC(=O)[C@H]1CCN[C@@H](C)C1. The molecule has 1 rings (SSSR count). The van der Waals surface area contributed by atoms with Crippen LogP contribution in [0.1, 0.15) is 40.0 Å². The molecule has 0 aromatic rings. The first kappa shape index (κ1) is 15.8. The Labute approximate surface area is 116 Å². The molecule has 0 aromatic heterocycles. The fourth-order valence-electron chi connectivity index (χ4n) is 2.22. The maximum absolute atomic E-state index is 11.9. The van der Waals surface area contributed by atoms with Gasteiger partial charge in [0, 0.05) is 18.5 Å². The van der Waals surface area contributed by atoms with Crippen molar-refractivity contribution in [2.75, 3.05) is 24.6 Å². The standard InChI is InChI=1S/C14H28N2OS/c1-11(2)10-18-8-4-6-16-14(17)13-5-7-15-12(3)9-13/h11-13,15H,4-10H2,1-3H3,(H,16,17)/t12-,13-/m0/s1. The maximum atomic E-state index is 11.9. The third-order valence-corrected chi connectivity index (χ3v) is 4.69. The summed E-state index contributed by atoms with van der Waals surface area (Å²) in [4.78, 5) is 11.9. The molecule has 0 radical (unpaired) electrons. The summed E-state index contributed by atoms with van der Waals surface area (Å²) in [7, 11) is 0. The molecule has 0 spiro atoms. The Morgan fingerprint density at radius 1 is 1.50 bits per heavy atom. The predicted molar refractivity (Wildman–Crippen MR) is 80.0 cm³/mol. The van der Waals surface area contributed by atoms with E-state index in [2.05, 4.69) is 31.4 Å². The van der Waals surface area contributed by atoms with Gasteiger partial charge in [-0.2, -0.15) is 11.8 Å². The summed E-state index contributed by atoms with van der Waals surface area (Å²) in [5.74, 6) is 3.63. The van der Waals surface area contributed by atoms with E-state index < -0.39 is 0 Å². The Morgan fingerprint density at radius 3 is 2.94 bits per heavy atom. The quantitative estimate of drug-likeness (QED) is 0.699. The molecular weight excluding hydrogens is 244 g/mol. The van der Waals surface area contributed by atoms with Crippen molar-refractivity contribution in [3.05, 3.63) is 0 Å². The van der Waals surface area contributed by atoms with Crippen molar-refractivity contribution in [1.82, 2.24) is 10.6 Å². The minimum atomic E-state index is 0.226. The van der Waals surface area contributed by atoms with Crippen molar-refractivity contribution in [2.24, 2.45) is 11.8 Å². The highest BCUT2D eigenvalue weighted by Gasteiger charge is 2.23. The Bertz CT molecular complexity index is 246. The van der Waals surface area contributed by atoms with Gasteiger partial charge in [-0.05, 0) is 50.2 Å². The molecule has 4 heteroatoms. The van der Waals surface area contributed by atoms with E-state index in [9.17, 15) is 4.79 Å². The number of rotatable bonds is 7. The Morgan fingerprint density at radius 2 is 2.28 bits per heavy atom. The van der Waals surface area contributed by atoms with E-state index in [1.165, 1.54) is 5.75 Å². The van der Waals surface area contributed by atoms with Gasteiger partial charge in [0.1, 0.15) is 0 Å². The Hall–Kier alpha value is -0.220. The first-order chi connectivity index (χ1) is 8.59. The van der Waals surface area contributed by atoms with Gasteiger partial charge in [-0.3, -0.25) is 4.79 Å². The van der Waals surface area contributed by atoms with Crippen LogP contribution in [0.25, 0.3) is 0 Å². The van der Waals surface area contributed by atoms with E-state index >= 15 is 0 Å². The van der Waals surface area contributed by atoms with Gasteiger partial charge in [-0.1, -0.05) is 13.8 Å². The van der Waals surface area contributed by atoms with E-state index in [4.69, 9.17) is 0 Å². The number of thioether (sulfide) groups is 1. The van der Waals surface area contributed by atoms with Crippen LogP contribution in [0.5, 0.6) is 0 Å². The first-order valence-corrected chi connectivity index (χ1v) is 8.34.